The number of amides is 1. The van der Waals surface area contributed by atoms with Gasteiger partial charge in [-0.3, -0.25) is 9.78 Å². The summed E-state index contributed by atoms with van der Waals surface area (Å²) >= 11 is 0. The summed E-state index contributed by atoms with van der Waals surface area (Å²) in [5.74, 6) is 1.33. The van der Waals surface area contributed by atoms with Crippen LogP contribution in [0.5, 0.6) is 0 Å². The third-order valence-corrected chi connectivity index (χ3v) is 4.83. The lowest BCUT2D eigenvalue weighted by Crippen LogP contribution is -2.35. The van der Waals surface area contributed by atoms with Gasteiger partial charge in [-0.1, -0.05) is 18.0 Å². The maximum absolute atomic E-state index is 13.0. The Bertz CT molecular complexity index is 679. The van der Waals surface area contributed by atoms with Gasteiger partial charge in [-0.2, -0.15) is 0 Å². The predicted molar refractivity (Wildman–Crippen MR) is 85.0 cm³/mol. The van der Waals surface area contributed by atoms with E-state index in [1.807, 2.05) is 23.1 Å². The minimum Gasteiger partial charge on any atom is -0.360 e. The zero-order valence-electron chi connectivity index (χ0n) is 13.1. The lowest BCUT2D eigenvalue weighted by atomic mass is 10.0. The van der Waals surface area contributed by atoms with Gasteiger partial charge >= 0.3 is 0 Å². The largest absolute Gasteiger partial charge is 0.360 e. The van der Waals surface area contributed by atoms with Crippen LogP contribution in [-0.2, 0) is 0 Å². The van der Waals surface area contributed by atoms with Crippen LogP contribution in [0.2, 0.25) is 0 Å². The second-order valence-electron chi connectivity index (χ2n) is 6.53. The summed E-state index contributed by atoms with van der Waals surface area (Å²) in [6, 6.07) is 5.96. The van der Waals surface area contributed by atoms with Crippen molar-refractivity contribution in [3.8, 4) is 0 Å². The maximum atomic E-state index is 13.0. The fraction of sp³-hybridized carbons (Fsp3) is 0.500. The average molecular weight is 311 g/mol. The van der Waals surface area contributed by atoms with Gasteiger partial charge in [-0.05, 0) is 43.4 Å². The molecule has 2 fully saturated rings. The molecule has 3 heterocycles. The van der Waals surface area contributed by atoms with Crippen molar-refractivity contribution in [2.24, 2.45) is 0 Å². The molecule has 23 heavy (non-hydrogen) atoms. The van der Waals surface area contributed by atoms with Crippen molar-refractivity contribution in [3.63, 3.8) is 0 Å². The Labute approximate surface area is 135 Å². The molecule has 2 aromatic heterocycles. The highest BCUT2D eigenvalue weighted by atomic mass is 16.5. The van der Waals surface area contributed by atoms with Crippen LogP contribution in [0.4, 0.5) is 0 Å². The minimum absolute atomic E-state index is 0.00985. The first-order chi connectivity index (χ1) is 11.3. The molecule has 1 aliphatic carbocycles. The number of nitrogens with zero attached hydrogens (tertiary/aromatic N) is 3. The minimum atomic E-state index is -0.00985. The van der Waals surface area contributed by atoms with Gasteiger partial charge in [0.05, 0.1) is 6.04 Å². The SMILES string of the molecule is O=C(c1cc(C2CC2)on1)N1CCCCC[C@@H]1c1ccncc1. The van der Waals surface area contributed by atoms with Crippen LogP contribution in [0, 0.1) is 0 Å². The zero-order valence-corrected chi connectivity index (χ0v) is 13.1. The standard InChI is InChI=1S/C18H21N3O2/c22-18(15-12-17(23-20-15)14-5-6-14)21-11-3-1-2-4-16(21)13-7-9-19-10-8-13/h7-10,12,14,16H,1-6,11H2/t16-/m1/s1. The van der Waals surface area contributed by atoms with Crippen molar-refractivity contribution >= 4 is 5.91 Å². The van der Waals surface area contributed by atoms with E-state index in [2.05, 4.69) is 10.1 Å². The van der Waals surface area contributed by atoms with Crippen LogP contribution < -0.4 is 0 Å². The van der Waals surface area contributed by atoms with Gasteiger partial charge in [0.25, 0.3) is 5.91 Å². The molecular formula is C18H21N3O2. The fourth-order valence-corrected chi connectivity index (χ4v) is 3.38. The lowest BCUT2D eigenvalue weighted by Gasteiger charge is -2.29. The molecule has 1 atom stereocenters. The van der Waals surface area contributed by atoms with Crippen molar-refractivity contribution in [1.29, 1.82) is 0 Å². The molecule has 0 radical (unpaired) electrons. The second-order valence-corrected chi connectivity index (χ2v) is 6.53. The first-order valence-corrected chi connectivity index (χ1v) is 8.50. The van der Waals surface area contributed by atoms with Crippen LogP contribution in [0.15, 0.2) is 35.1 Å². The smallest absolute Gasteiger partial charge is 0.276 e. The fourth-order valence-electron chi connectivity index (χ4n) is 3.38. The van der Waals surface area contributed by atoms with E-state index in [1.165, 1.54) is 0 Å². The Kier molecular flexibility index (Phi) is 3.85. The molecule has 0 aromatic carbocycles. The van der Waals surface area contributed by atoms with E-state index < -0.39 is 0 Å². The van der Waals surface area contributed by atoms with Crippen LogP contribution in [0.3, 0.4) is 0 Å². The molecule has 0 unspecified atom stereocenters. The summed E-state index contributed by atoms with van der Waals surface area (Å²) in [5.41, 5.74) is 1.61. The van der Waals surface area contributed by atoms with E-state index >= 15 is 0 Å². The number of rotatable bonds is 3. The van der Waals surface area contributed by atoms with Gasteiger partial charge in [0, 0.05) is 30.9 Å². The number of hydrogen-bond donors (Lipinski definition) is 0. The van der Waals surface area contributed by atoms with E-state index in [0.29, 0.717) is 11.6 Å². The first kappa shape index (κ1) is 14.4. The van der Waals surface area contributed by atoms with Crippen LogP contribution in [-0.4, -0.2) is 27.5 Å². The molecule has 4 rings (SSSR count). The van der Waals surface area contributed by atoms with Crippen molar-refractivity contribution < 1.29 is 9.32 Å². The quantitative estimate of drug-likeness (QED) is 0.867. The summed E-state index contributed by atoms with van der Waals surface area (Å²) in [6.45, 7) is 0.775. The number of aromatic nitrogens is 2. The monoisotopic (exact) mass is 311 g/mol. The van der Waals surface area contributed by atoms with Crippen molar-refractivity contribution in [2.45, 2.75) is 50.5 Å². The molecule has 120 valence electrons. The molecule has 5 heteroatoms. The lowest BCUT2D eigenvalue weighted by molar-refractivity contribution is 0.0670. The van der Waals surface area contributed by atoms with Gasteiger partial charge in [0.2, 0.25) is 0 Å². The van der Waals surface area contributed by atoms with E-state index in [-0.39, 0.29) is 11.9 Å². The molecule has 1 saturated carbocycles. The number of carbonyl (C=O) groups is 1. The van der Waals surface area contributed by atoms with Crippen molar-refractivity contribution in [3.05, 3.63) is 47.6 Å². The molecular weight excluding hydrogens is 290 g/mol. The number of carbonyl (C=O) groups excluding carboxylic acids is 1. The summed E-state index contributed by atoms with van der Waals surface area (Å²) in [6.07, 6.45) is 10.2. The van der Waals surface area contributed by atoms with Gasteiger partial charge in [0.1, 0.15) is 5.76 Å². The van der Waals surface area contributed by atoms with Crippen molar-refractivity contribution in [2.75, 3.05) is 6.54 Å². The van der Waals surface area contributed by atoms with E-state index in [0.717, 1.165) is 56.4 Å². The molecule has 0 N–H and O–H groups in total. The van der Waals surface area contributed by atoms with Crippen LogP contribution in [0.25, 0.3) is 0 Å². The Morgan fingerprint density at radius 2 is 1.96 bits per heavy atom. The van der Waals surface area contributed by atoms with E-state index in [9.17, 15) is 4.79 Å². The summed E-state index contributed by atoms with van der Waals surface area (Å²) in [7, 11) is 0. The molecule has 2 aromatic rings. The summed E-state index contributed by atoms with van der Waals surface area (Å²) in [5, 5.41) is 4.03. The van der Waals surface area contributed by atoms with E-state index in [4.69, 9.17) is 4.52 Å². The van der Waals surface area contributed by atoms with Gasteiger partial charge in [0.15, 0.2) is 5.69 Å². The highest BCUT2D eigenvalue weighted by molar-refractivity contribution is 5.92. The Balaban J connectivity index is 1.60. The molecule has 5 nitrogen and oxygen atoms in total. The first-order valence-electron chi connectivity index (χ1n) is 8.50. The van der Waals surface area contributed by atoms with Gasteiger partial charge < -0.3 is 9.42 Å². The molecule has 1 amide bonds. The third-order valence-electron chi connectivity index (χ3n) is 4.83. The normalized spacial score (nSPS) is 21.9. The number of likely N-dealkylation sites (tertiary alicyclic amines) is 1. The maximum Gasteiger partial charge on any atom is 0.276 e. The third kappa shape index (κ3) is 3.00. The molecule has 0 spiro atoms. The summed E-state index contributed by atoms with van der Waals surface area (Å²) < 4.78 is 5.37. The Hall–Kier alpha value is -2.17. The second kappa shape index (κ2) is 6.14. The van der Waals surface area contributed by atoms with Crippen LogP contribution >= 0.6 is 0 Å². The topological polar surface area (TPSA) is 59.2 Å². The molecule has 1 aliphatic heterocycles. The van der Waals surface area contributed by atoms with E-state index in [1.54, 1.807) is 12.4 Å². The highest BCUT2D eigenvalue weighted by Gasteiger charge is 2.32. The average Bonchev–Trinajstić information content (AvgIpc) is 3.37. The van der Waals surface area contributed by atoms with Crippen molar-refractivity contribution in [1.82, 2.24) is 15.0 Å². The summed E-state index contributed by atoms with van der Waals surface area (Å²) in [4.78, 5) is 19.0. The van der Waals surface area contributed by atoms with Gasteiger partial charge in [-0.15, -0.1) is 0 Å². The Morgan fingerprint density at radius 1 is 1.13 bits per heavy atom. The van der Waals surface area contributed by atoms with Crippen LogP contribution in [0.1, 0.15) is 72.3 Å². The molecule has 2 aliphatic rings. The molecule has 0 bridgehead atoms. The number of hydrogen-bond acceptors (Lipinski definition) is 4. The molecule has 1 saturated heterocycles. The zero-order chi connectivity index (χ0) is 15.6. The van der Waals surface area contributed by atoms with Gasteiger partial charge in [-0.25, -0.2) is 0 Å². The Morgan fingerprint density at radius 3 is 2.74 bits per heavy atom. The highest BCUT2D eigenvalue weighted by Crippen LogP contribution is 2.40. The number of pyridine rings is 1. The predicted octanol–water partition coefficient (Wildman–Crippen LogP) is 3.70.